The van der Waals surface area contributed by atoms with Crippen LogP contribution in [0.3, 0.4) is 0 Å². The van der Waals surface area contributed by atoms with E-state index in [2.05, 4.69) is 56.9 Å². The molecule has 0 spiro atoms. The van der Waals surface area contributed by atoms with Gasteiger partial charge in [0.2, 0.25) is 0 Å². The number of hydrogen-bond donors (Lipinski definition) is 0. The highest BCUT2D eigenvalue weighted by molar-refractivity contribution is 9.10. The number of nitrogens with zero attached hydrogens (tertiary/aromatic N) is 3. The lowest BCUT2D eigenvalue weighted by Crippen LogP contribution is -2.45. The third-order valence-electron chi connectivity index (χ3n) is 3.46. The summed E-state index contributed by atoms with van der Waals surface area (Å²) >= 11 is 3.50. The summed E-state index contributed by atoms with van der Waals surface area (Å²) in [6.07, 6.45) is 2.54. The average molecular weight is 298 g/mol. The first-order valence-electron chi connectivity index (χ1n) is 6.12. The number of rotatable bonds is 2. The lowest BCUT2D eigenvalue weighted by atomic mass is 10.1. The Morgan fingerprint density at radius 2 is 2.18 bits per heavy atom. The zero-order chi connectivity index (χ0) is 12.4. The van der Waals surface area contributed by atoms with E-state index in [9.17, 15) is 0 Å². The molecule has 1 aromatic rings. The average Bonchev–Trinajstić information content (AvgIpc) is 2.33. The van der Waals surface area contributed by atoms with Crippen molar-refractivity contribution in [1.29, 1.82) is 0 Å². The summed E-state index contributed by atoms with van der Waals surface area (Å²) in [5, 5.41) is 0. The van der Waals surface area contributed by atoms with Gasteiger partial charge in [-0.3, -0.25) is 0 Å². The van der Waals surface area contributed by atoms with Gasteiger partial charge in [0, 0.05) is 23.6 Å². The smallest absolute Gasteiger partial charge is 0.128 e. The van der Waals surface area contributed by atoms with Gasteiger partial charge < -0.3 is 9.80 Å². The molecule has 2 rings (SSSR count). The highest BCUT2D eigenvalue weighted by atomic mass is 79.9. The Labute approximate surface area is 112 Å². The van der Waals surface area contributed by atoms with Crippen molar-refractivity contribution in [3.05, 3.63) is 22.3 Å². The first-order chi connectivity index (χ1) is 8.08. The minimum atomic E-state index is 0.648. The van der Waals surface area contributed by atoms with E-state index in [1.807, 2.05) is 6.92 Å². The van der Waals surface area contributed by atoms with Gasteiger partial charge in [-0.25, -0.2) is 4.98 Å². The molecule has 0 amide bonds. The molecular formula is C13H20BrN3. The van der Waals surface area contributed by atoms with Gasteiger partial charge in [-0.15, -0.1) is 0 Å². The van der Waals surface area contributed by atoms with Crippen LogP contribution >= 0.6 is 15.9 Å². The summed E-state index contributed by atoms with van der Waals surface area (Å²) in [7, 11) is 4.32. The number of anilines is 1. The molecule has 0 saturated carbocycles. The Balaban J connectivity index is 2.13. The van der Waals surface area contributed by atoms with Crippen LogP contribution in [0.5, 0.6) is 0 Å². The van der Waals surface area contributed by atoms with Crippen molar-refractivity contribution in [2.75, 3.05) is 32.1 Å². The van der Waals surface area contributed by atoms with Crippen LogP contribution in [-0.2, 0) is 0 Å². The highest BCUT2D eigenvalue weighted by Gasteiger charge is 2.22. The third-order valence-corrected chi connectivity index (χ3v) is 4.30. The van der Waals surface area contributed by atoms with Crippen molar-refractivity contribution >= 4 is 21.7 Å². The van der Waals surface area contributed by atoms with E-state index in [0.29, 0.717) is 6.04 Å². The zero-order valence-corrected chi connectivity index (χ0v) is 12.4. The number of aromatic nitrogens is 1. The number of piperidine rings is 1. The molecule has 1 unspecified atom stereocenters. The van der Waals surface area contributed by atoms with E-state index in [0.717, 1.165) is 29.1 Å². The first kappa shape index (κ1) is 12.8. The van der Waals surface area contributed by atoms with Gasteiger partial charge >= 0.3 is 0 Å². The van der Waals surface area contributed by atoms with Crippen LogP contribution in [-0.4, -0.2) is 43.1 Å². The molecule has 0 N–H and O–H groups in total. The number of pyridine rings is 1. The summed E-state index contributed by atoms with van der Waals surface area (Å²) in [5.41, 5.74) is 1.06. The van der Waals surface area contributed by atoms with E-state index in [1.54, 1.807) is 0 Å². The largest absolute Gasteiger partial charge is 0.355 e. The molecule has 0 aromatic carbocycles. The van der Waals surface area contributed by atoms with Crippen molar-refractivity contribution < 1.29 is 0 Å². The lowest BCUT2D eigenvalue weighted by molar-refractivity contribution is 0.257. The summed E-state index contributed by atoms with van der Waals surface area (Å²) in [6.45, 7) is 4.25. The second kappa shape index (κ2) is 5.36. The van der Waals surface area contributed by atoms with Gasteiger partial charge in [0.25, 0.3) is 0 Å². The molecular weight excluding hydrogens is 278 g/mol. The van der Waals surface area contributed by atoms with E-state index in [-0.39, 0.29) is 0 Å². The third kappa shape index (κ3) is 2.99. The molecule has 1 atom stereocenters. The second-order valence-electron chi connectivity index (χ2n) is 4.94. The predicted octanol–water partition coefficient (Wildman–Crippen LogP) is 2.68. The van der Waals surface area contributed by atoms with Gasteiger partial charge in [-0.05, 0) is 61.9 Å². The molecule has 1 aromatic heterocycles. The molecule has 1 fully saturated rings. The van der Waals surface area contributed by atoms with E-state index < -0.39 is 0 Å². The molecule has 4 heteroatoms. The standard InChI is InChI=1S/C13H20BrN3/c1-10-12(14)6-7-13(15-10)17-8-4-5-11(9-17)16(2)3/h6-7,11H,4-5,8-9H2,1-3H3. The van der Waals surface area contributed by atoms with Crippen LogP contribution in [0.25, 0.3) is 0 Å². The molecule has 94 valence electrons. The Morgan fingerprint density at radius 1 is 1.41 bits per heavy atom. The fourth-order valence-electron chi connectivity index (χ4n) is 2.29. The van der Waals surface area contributed by atoms with Crippen LogP contribution < -0.4 is 4.90 Å². The fraction of sp³-hybridized carbons (Fsp3) is 0.615. The SMILES string of the molecule is Cc1nc(N2CCCC(N(C)C)C2)ccc1Br. The molecule has 3 nitrogen and oxygen atoms in total. The number of halogens is 1. The van der Waals surface area contributed by atoms with Gasteiger partial charge in [0.05, 0.1) is 5.69 Å². The van der Waals surface area contributed by atoms with Gasteiger partial charge in [-0.1, -0.05) is 0 Å². The molecule has 1 aliphatic heterocycles. The van der Waals surface area contributed by atoms with E-state index in [4.69, 9.17) is 0 Å². The highest BCUT2D eigenvalue weighted by Crippen LogP contribution is 2.23. The van der Waals surface area contributed by atoms with Crippen molar-refractivity contribution in [1.82, 2.24) is 9.88 Å². The lowest BCUT2D eigenvalue weighted by Gasteiger charge is -2.36. The van der Waals surface area contributed by atoms with Crippen LogP contribution in [0.15, 0.2) is 16.6 Å². The topological polar surface area (TPSA) is 19.4 Å². The summed E-state index contributed by atoms with van der Waals surface area (Å²) in [4.78, 5) is 9.36. The molecule has 1 aliphatic rings. The molecule has 2 heterocycles. The fourth-order valence-corrected chi connectivity index (χ4v) is 2.51. The normalized spacial score (nSPS) is 21.0. The minimum Gasteiger partial charge on any atom is -0.355 e. The van der Waals surface area contributed by atoms with E-state index >= 15 is 0 Å². The number of likely N-dealkylation sites (N-methyl/N-ethyl adjacent to an activating group) is 1. The monoisotopic (exact) mass is 297 g/mol. The van der Waals surface area contributed by atoms with Crippen LogP contribution in [0.1, 0.15) is 18.5 Å². The van der Waals surface area contributed by atoms with Gasteiger partial charge in [0.15, 0.2) is 0 Å². The molecule has 1 saturated heterocycles. The van der Waals surface area contributed by atoms with Gasteiger partial charge in [-0.2, -0.15) is 0 Å². The second-order valence-corrected chi connectivity index (χ2v) is 5.80. The summed E-state index contributed by atoms with van der Waals surface area (Å²) in [5.74, 6) is 1.11. The molecule has 0 aliphatic carbocycles. The maximum absolute atomic E-state index is 4.65. The van der Waals surface area contributed by atoms with Crippen LogP contribution in [0.4, 0.5) is 5.82 Å². The van der Waals surface area contributed by atoms with Gasteiger partial charge in [0.1, 0.15) is 5.82 Å². The molecule has 17 heavy (non-hydrogen) atoms. The Kier molecular flexibility index (Phi) is 4.05. The predicted molar refractivity (Wildman–Crippen MR) is 75.6 cm³/mol. The maximum atomic E-state index is 4.65. The Morgan fingerprint density at radius 3 is 2.82 bits per heavy atom. The van der Waals surface area contributed by atoms with E-state index in [1.165, 1.54) is 12.8 Å². The quantitative estimate of drug-likeness (QED) is 0.837. The molecule has 0 radical (unpaired) electrons. The summed E-state index contributed by atoms with van der Waals surface area (Å²) in [6, 6.07) is 4.85. The van der Waals surface area contributed by atoms with Crippen molar-refractivity contribution in [2.24, 2.45) is 0 Å². The van der Waals surface area contributed by atoms with Crippen molar-refractivity contribution in [3.63, 3.8) is 0 Å². The maximum Gasteiger partial charge on any atom is 0.128 e. The number of hydrogen-bond acceptors (Lipinski definition) is 3. The Hall–Kier alpha value is -0.610. The van der Waals surface area contributed by atoms with Crippen molar-refractivity contribution in [2.45, 2.75) is 25.8 Å². The first-order valence-corrected chi connectivity index (χ1v) is 6.92. The Bertz CT molecular complexity index is 392. The van der Waals surface area contributed by atoms with Crippen LogP contribution in [0.2, 0.25) is 0 Å². The van der Waals surface area contributed by atoms with Crippen LogP contribution in [0, 0.1) is 6.92 Å². The minimum absolute atomic E-state index is 0.648. The summed E-state index contributed by atoms with van der Waals surface area (Å²) < 4.78 is 1.09. The zero-order valence-electron chi connectivity index (χ0n) is 10.8. The number of aryl methyl sites for hydroxylation is 1. The van der Waals surface area contributed by atoms with Crippen molar-refractivity contribution in [3.8, 4) is 0 Å². The molecule has 0 bridgehead atoms.